The lowest BCUT2D eigenvalue weighted by Gasteiger charge is -2.00. The van der Waals surface area contributed by atoms with Crippen molar-refractivity contribution in [1.82, 2.24) is 4.98 Å². The van der Waals surface area contributed by atoms with Gasteiger partial charge in [-0.2, -0.15) is 0 Å². The highest BCUT2D eigenvalue weighted by Crippen LogP contribution is 2.23. The second-order valence-corrected chi connectivity index (χ2v) is 4.80. The van der Waals surface area contributed by atoms with Gasteiger partial charge >= 0.3 is 0 Å². The summed E-state index contributed by atoms with van der Waals surface area (Å²) in [5.41, 5.74) is 4.40. The fraction of sp³-hybridized carbons (Fsp3) is 0.0556. The predicted molar refractivity (Wildman–Crippen MR) is 80.8 cm³/mol. The average Bonchev–Trinajstić information content (AvgIpc) is 2.90. The summed E-state index contributed by atoms with van der Waals surface area (Å²) in [5.74, 6) is 0.0327. The number of rotatable bonds is 3. The van der Waals surface area contributed by atoms with E-state index in [-0.39, 0.29) is 5.78 Å². The highest BCUT2D eigenvalue weighted by molar-refractivity contribution is 6.09. The number of H-pyrrole nitrogens is 1. The summed E-state index contributed by atoms with van der Waals surface area (Å²) in [7, 11) is 0. The van der Waals surface area contributed by atoms with Crippen LogP contribution in [0.5, 0.6) is 0 Å². The molecule has 0 aliphatic heterocycles. The number of hydrogen-bond donors (Lipinski definition) is 1. The number of aromatic amines is 1. The maximum absolute atomic E-state index is 12.5. The number of ketones is 1. The van der Waals surface area contributed by atoms with E-state index in [0.29, 0.717) is 11.3 Å². The van der Waals surface area contributed by atoms with Gasteiger partial charge in [-0.05, 0) is 24.1 Å². The quantitative estimate of drug-likeness (QED) is 0.703. The monoisotopic (exact) mass is 261 g/mol. The number of carbonyl (C=O) groups is 1. The molecule has 1 N–H and O–H groups in total. The van der Waals surface area contributed by atoms with Crippen molar-refractivity contribution in [2.45, 2.75) is 6.92 Å². The minimum absolute atomic E-state index is 0.0327. The fourth-order valence-electron chi connectivity index (χ4n) is 2.30. The van der Waals surface area contributed by atoms with Crippen molar-refractivity contribution in [3.8, 4) is 11.3 Å². The summed E-state index contributed by atoms with van der Waals surface area (Å²) in [6.07, 6.45) is 0. The van der Waals surface area contributed by atoms with Crippen LogP contribution in [0.4, 0.5) is 0 Å². The van der Waals surface area contributed by atoms with Crippen molar-refractivity contribution < 1.29 is 4.79 Å². The number of aromatic nitrogens is 1. The molecule has 0 atom stereocenters. The lowest BCUT2D eigenvalue weighted by molar-refractivity contribution is 0.103. The van der Waals surface area contributed by atoms with Crippen molar-refractivity contribution in [1.29, 1.82) is 0 Å². The van der Waals surface area contributed by atoms with Gasteiger partial charge in [0.25, 0.3) is 0 Å². The fourth-order valence-corrected chi connectivity index (χ4v) is 2.30. The average molecular weight is 261 g/mol. The van der Waals surface area contributed by atoms with E-state index >= 15 is 0 Å². The first kappa shape index (κ1) is 12.4. The Labute approximate surface area is 118 Å². The lowest BCUT2D eigenvalue weighted by atomic mass is 10.1. The van der Waals surface area contributed by atoms with Crippen LogP contribution in [-0.4, -0.2) is 10.8 Å². The molecule has 0 saturated heterocycles. The van der Waals surface area contributed by atoms with Crippen molar-refractivity contribution in [2.24, 2.45) is 0 Å². The van der Waals surface area contributed by atoms with Crippen molar-refractivity contribution in [2.75, 3.05) is 0 Å². The van der Waals surface area contributed by atoms with Gasteiger partial charge in [-0.3, -0.25) is 4.79 Å². The van der Waals surface area contributed by atoms with Crippen LogP contribution in [0.2, 0.25) is 0 Å². The Hall–Kier alpha value is -2.61. The Bertz CT molecular complexity index is 727. The smallest absolute Gasteiger partial charge is 0.209 e. The Balaban J connectivity index is 2.00. The molecule has 0 bridgehead atoms. The van der Waals surface area contributed by atoms with Crippen LogP contribution in [0.3, 0.4) is 0 Å². The van der Waals surface area contributed by atoms with Crippen LogP contribution in [0.25, 0.3) is 11.3 Å². The van der Waals surface area contributed by atoms with Crippen LogP contribution in [0, 0.1) is 6.92 Å². The first-order valence-corrected chi connectivity index (χ1v) is 6.60. The van der Waals surface area contributed by atoms with Crippen molar-refractivity contribution in [3.05, 3.63) is 83.6 Å². The minimum Gasteiger partial charge on any atom is -0.352 e. The Morgan fingerprint density at radius 3 is 2.15 bits per heavy atom. The third-order valence-electron chi connectivity index (χ3n) is 3.36. The van der Waals surface area contributed by atoms with Crippen LogP contribution in [0.15, 0.2) is 66.7 Å². The van der Waals surface area contributed by atoms with E-state index in [9.17, 15) is 4.79 Å². The summed E-state index contributed by atoms with van der Waals surface area (Å²) >= 11 is 0. The molecular formula is C18H15NO. The van der Waals surface area contributed by atoms with E-state index in [2.05, 4.69) is 4.98 Å². The molecule has 20 heavy (non-hydrogen) atoms. The van der Waals surface area contributed by atoms with Crippen LogP contribution in [-0.2, 0) is 0 Å². The third kappa shape index (κ3) is 2.28. The molecule has 0 spiro atoms. The third-order valence-corrected chi connectivity index (χ3v) is 3.36. The number of aryl methyl sites for hydroxylation is 1. The zero-order valence-corrected chi connectivity index (χ0v) is 11.3. The molecule has 0 aliphatic carbocycles. The molecule has 3 rings (SSSR count). The maximum atomic E-state index is 12.5. The van der Waals surface area contributed by atoms with Gasteiger partial charge in [-0.15, -0.1) is 0 Å². The van der Waals surface area contributed by atoms with Crippen LogP contribution >= 0.6 is 0 Å². The van der Waals surface area contributed by atoms with Crippen LogP contribution < -0.4 is 0 Å². The van der Waals surface area contributed by atoms with E-state index < -0.39 is 0 Å². The summed E-state index contributed by atoms with van der Waals surface area (Å²) in [6, 6.07) is 21.4. The number of nitrogens with one attached hydrogen (secondary N) is 1. The van der Waals surface area contributed by atoms with E-state index in [1.165, 1.54) is 0 Å². The van der Waals surface area contributed by atoms with Gasteiger partial charge in [0.15, 0.2) is 0 Å². The molecule has 98 valence electrons. The highest BCUT2D eigenvalue weighted by Gasteiger charge is 2.15. The van der Waals surface area contributed by atoms with E-state index in [1.54, 1.807) is 0 Å². The molecule has 0 radical (unpaired) electrons. The van der Waals surface area contributed by atoms with Crippen LogP contribution in [0.1, 0.15) is 21.6 Å². The van der Waals surface area contributed by atoms with Crippen molar-refractivity contribution in [3.63, 3.8) is 0 Å². The molecule has 0 aliphatic rings. The SMILES string of the molecule is Cc1cc(-c2ccccc2)[nH]c1C(=O)c1ccccc1. The molecule has 2 heteroatoms. The summed E-state index contributed by atoms with van der Waals surface area (Å²) in [6.45, 7) is 1.96. The topological polar surface area (TPSA) is 32.9 Å². The van der Waals surface area contributed by atoms with Gasteiger partial charge in [0.05, 0.1) is 5.69 Å². The maximum Gasteiger partial charge on any atom is 0.209 e. The summed E-state index contributed by atoms with van der Waals surface area (Å²) in [5, 5.41) is 0. The number of hydrogen-bond acceptors (Lipinski definition) is 1. The number of carbonyl (C=O) groups excluding carboxylic acids is 1. The van der Waals surface area contributed by atoms with Gasteiger partial charge in [0.2, 0.25) is 5.78 Å². The largest absolute Gasteiger partial charge is 0.352 e. The molecule has 0 fully saturated rings. The predicted octanol–water partition coefficient (Wildman–Crippen LogP) is 4.22. The molecule has 1 heterocycles. The summed E-state index contributed by atoms with van der Waals surface area (Å²) < 4.78 is 0. The van der Waals surface area contributed by atoms with Gasteiger partial charge in [0, 0.05) is 11.3 Å². The van der Waals surface area contributed by atoms with E-state index in [0.717, 1.165) is 16.8 Å². The Kier molecular flexibility index (Phi) is 3.21. The first-order valence-electron chi connectivity index (χ1n) is 6.60. The standard InChI is InChI=1S/C18H15NO/c1-13-12-16(14-8-4-2-5-9-14)19-17(13)18(20)15-10-6-3-7-11-15/h2-12,19H,1H3. The molecule has 2 aromatic carbocycles. The van der Waals surface area contributed by atoms with E-state index in [4.69, 9.17) is 0 Å². The molecule has 0 unspecified atom stereocenters. The zero-order chi connectivity index (χ0) is 13.9. The second kappa shape index (κ2) is 5.17. The van der Waals surface area contributed by atoms with Crippen molar-refractivity contribution >= 4 is 5.78 Å². The van der Waals surface area contributed by atoms with Gasteiger partial charge in [-0.25, -0.2) is 0 Å². The van der Waals surface area contributed by atoms with Gasteiger partial charge < -0.3 is 4.98 Å². The molecule has 1 aromatic heterocycles. The number of benzene rings is 2. The second-order valence-electron chi connectivity index (χ2n) is 4.80. The molecule has 0 amide bonds. The normalized spacial score (nSPS) is 10.4. The van der Waals surface area contributed by atoms with E-state index in [1.807, 2.05) is 73.7 Å². The van der Waals surface area contributed by atoms with Gasteiger partial charge in [-0.1, -0.05) is 60.7 Å². The molecule has 0 saturated carbocycles. The molecule has 3 aromatic rings. The van der Waals surface area contributed by atoms with Gasteiger partial charge in [0.1, 0.15) is 0 Å². The lowest BCUT2D eigenvalue weighted by Crippen LogP contribution is -2.03. The Morgan fingerprint density at radius 2 is 1.50 bits per heavy atom. The highest BCUT2D eigenvalue weighted by atomic mass is 16.1. The Morgan fingerprint density at radius 1 is 0.900 bits per heavy atom. The summed E-state index contributed by atoms with van der Waals surface area (Å²) in [4.78, 5) is 15.7. The molecular weight excluding hydrogens is 246 g/mol. The minimum atomic E-state index is 0.0327. The zero-order valence-electron chi connectivity index (χ0n) is 11.3. The molecule has 2 nitrogen and oxygen atoms in total. The first-order chi connectivity index (χ1) is 9.75.